The summed E-state index contributed by atoms with van der Waals surface area (Å²) in [7, 11) is 0. The van der Waals surface area contributed by atoms with Crippen molar-refractivity contribution in [3.8, 4) is 0 Å². The molecule has 1 aromatic carbocycles. The van der Waals surface area contributed by atoms with Gasteiger partial charge >= 0.3 is 6.18 Å². The van der Waals surface area contributed by atoms with Crippen LogP contribution in [0.2, 0.25) is 0 Å². The summed E-state index contributed by atoms with van der Waals surface area (Å²) in [6.07, 6.45) is 2.67. The maximum atomic E-state index is 14.1. The number of aromatic nitrogens is 4. The third-order valence-electron chi connectivity index (χ3n) is 4.46. The van der Waals surface area contributed by atoms with Gasteiger partial charge in [-0.25, -0.2) is 19.3 Å². The number of hydrogen-bond acceptors (Lipinski definition) is 4. The van der Waals surface area contributed by atoms with Crippen LogP contribution in [0, 0.1) is 5.82 Å². The van der Waals surface area contributed by atoms with Gasteiger partial charge in [-0.2, -0.15) is 13.2 Å². The Bertz CT molecular complexity index is 1140. The highest BCUT2D eigenvalue weighted by Gasteiger charge is 2.34. The van der Waals surface area contributed by atoms with Crippen LogP contribution in [0.4, 0.5) is 23.5 Å². The molecule has 29 heavy (non-hydrogen) atoms. The fourth-order valence-corrected chi connectivity index (χ4v) is 3.03. The van der Waals surface area contributed by atoms with Crippen molar-refractivity contribution in [2.45, 2.75) is 19.1 Å². The van der Waals surface area contributed by atoms with Crippen molar-refractivity contribution in [1.29, 1.82) is 0 Å². The zero-order valence-electron chi connectivity index (χ0n) is 15.0. The van der Waals surface area contributed by atoms with E-state index >= 15 is 0 Å². The number of halogens is 4. The minimum atomic E-state index is -4.74. The average Bonchev–Trinajstić information content (AvgIpc) is 3.10. The molecular weight excluding hydrogens is 386 g/mol. The van der Waals surface area contributed by atoms with Crippen LogP contribution >= 0.6 is 0 Å². The van der Waals surface area contributed by atoms with Crippen molar-refractivity contribution in [2.24, 2.45) is 0 Å². The van der Waals surface area contributed by atoms with Crippen LogP contribution in [0.5, 0.6) is 0 Å². The number of aromatic amines is 1. The van der Waals surface area contributed by atoms with Crippen LogP contribution in [0.25, 0.3) is 11.0 Å². The second-order valence-electron chi connectivity index (χ2n) is 6.44. The van der Waals surface area contributed by atoms with Gasteiger partial charge in [0, 0.05) is 48.7 Å². The van der Waals surface area contributed by atoms with Gasteiger partial charge in [-0.3, -0.25) is 0 Å². The Kier molecular flexibility index (Phi) is 4.87. The van der Waals surface area contributed by atoms with E-state index in [4.69, 9.17) is 0 Å². The summed E-state index contributed by atoms with van der Waals surface area (Å²) >= 11 is 0. The smallest absolute Gasteiger partial charge is 0.350 e. The maximum Gasteiger partial charge on any atom is 0.419 e. The van der Waals surface area contributed by atoms with Crippen molar-refractivity contribution in [2.75, 3.05) is 5.32 Å². The van der Waals surface area contributed by atoms with E-state index in [2.05, 4.69) is 25.3 Å². The number of nitrogens with one attached hydrogen (secondary N) is 2. The Morgan fingerprint density at radius 1 is 0.966 bits per heavy atom. The van der Waals surface area contributed by atoms with Gasteiger partial charge in [0.1, 0.15) is 11.5 Å². The number of fused-ring (bicyclic) bond motifs is 1. The molecule has 0 radical (unpaired) electrons. The van der Waals surface area contributed by atoms with Crippen molar-refractivity contribution < 1.29 is 17.6 Å². The predicted molar refractivity (Wildman–Crippen MR) is 99.7 cm³/mol. The lowest BCUT2D eigenvalue weighted by molar-refractivity contribution is -0.140. The molecule has 0 aliphatic rings. The van der Waals surface area contributed by atoms with Crippen molar-refractivity contribution in [1.82, 2.24) is 19.9 Å². The Hall–Kier alpha value is -3.49. The number of H-pyrrole nitrogens is 1. The summed E-state index contributed by atoms with van der Waals surface area (Å²) < 4.78 is 52.5. The standard InChI is InChI=1S/C20H15F4N5/c21-17-13(3-1-5-16(17)20(22,23)24)10-29-19-27-8-12(9-28-19)7-14-11-26-18-15(14)4-2-6-25-18/h1-6,8-9,11H,7,10H2,(H,25,26)(H,27,28,29). The minimum Gasteiger partial charge on any atom is -0.350 e. The largest absolute Gasteiger partial charge is 0.419 e. The molecule has 0 aliphatic carbocycles. The Morgan fingerprint density at radius 2 is 1.76 bits per heavy atom. The van der Waals surface area contributed by atoms with Crippen LogP contribution in [-0.2, 0) is 19.1 Å². The Labute approximate surface area is 162 Å². The highest BCUT2D eigenvalue weighted by Crippen LogP contribution is 2.32. The average molecular weight is 401 g/mol. The number of nitrogens with zero attached hydrogens (tertiary/aromatic N) is 3. The van der Waals surface area contributed by atoms with Gasteiger partial charge < -0.3 is 10.3 Å². The second kappa shape index (κ2) is 7.50. The van der Waals surface area contributed by atoms with E-state index in [1.165, 1.54) is 12.1 Å². The predicted octanol–water partition coefficient (Wildman–Crippen LogP) is 4.71. The zero-order valence-corrected chi connectivity index (χ0v) is 15.0. The molecule has 0 amide bonds. The van der Waals surface area contributed by atoms with Gasteiger partial charge in [0.25, 0.3) is 0 Å². The van der Waals surface area contributed by atoms with Crippen LogP contribution in [0.1, 0.15) is 22.3 Å². The molecule has 148 valence electrons. The van der Waals surface area contributed by atoms with Crippen LogP contribution in [0.3, 0.4) is 0 Å². The van der Waals surface area contributed by atoms with E-state index in [0.717, 1.165) is 22.2 Å². The van der Waals surface area contributed by atoms with Crippen molar-refractivity contribution in [3.05, 3.63) is 83.2 Å². The molecule has 0 saturated carbocycles. The maximum absolute atomic E-state index is 14.1. The number of anilines is 1. The molecule has 3 aromatic heterocycles. The first-order valence-corrected chi connectivity index (χ1v) is 8.72. The van der Waals surface area contributed by atoms with E-state index in [0.29, 0.717) is 12.5 Å². The quantitative estimate of drug-likeness (QED) is 0.475. The van der Waals surface area contributed by atoms with Crippen LogP contribution < -0.4 is 5.32 Å². The Morgan fingerprint density at radius 3 is 2.52 bits per heavy atom. The lowest BCUT2D eigenvalue weighted by atomic mass is 10.1. The van der Waals surface area contributed by atoms with E-state index in [1.54, 1.807) is 18.6 Å². The normalized spacial score (nSPS) is 11.7. The minimum absolute atomic E-state index is 0.112. The monoisotopic (exact) mass is 401 g/mol. The summed E-state index contributed by atoms with van der Waals surface area (Å²) in [5.74, 6) is -1.09. The lowest BCUT2D eigenvalue weighted by Crippen LogP contribution is -2.12. The van der Waals surface area contributed by atoms with Gasteiger partial charge in [0.2, 0.25) is 5.95 Å². The summed E-state index contributed by atoms with van der Waals surface area (Å²) in [4.78, 5) is 15.7. The molecule has 0 aliphatic heterocycles. The van der Waals surface area contributed by atoms with Crippen LogP contribution in [-0.4, -0.2) is 19.9 Å². The van der Waals surface area contributed by atoms with Gasteiger partial charge in [0.15, 0.2) is 0 Å². The molecule has 0 bridgehead atoms. The van der Waals surface area contributed by atoms with Gasteiger partial charge in [-0.1, -0.05) is 12.1 Å². The molecule has 0 unspecified atom stereocenters. The highest BCUT2D eigenvalue weighted by atomic mass is 19.4. The fraction of sp³-hybridized carbons (Fsp3) is 0.150. The first kappa shape index (κ1) is 18.9. The molecule has 0 saturated heterocycles. The molecule has 4 rings (SSSR count). The van der Waals surface area contributed by atoms with Crippen molar-refractivity contribution in [3.63, 3.8) is 0 Å². The molecule has 0 spiro atoms. The number of rotatable bonds is 5. The van der Waals surface area contributed by atoms with E-state index in [9.17, 15) is 17.6 Å². The Balaban J connectivity index is 1.44. The highest BCUT2D eigenvalue weighted by molar-refractivity contribution is 5.79. The third kappa shape index (κ3) is 4.03. The fourth-order valence-electron chi connectivity index (χ4n) is 3.03. The molecule has 5 nitrogen and oxygen atoms in total. The van der Waals surface area contributed by atoms with E-state index in [1.807, 2.05) is 18.3 Å². The SMILES string of the molecule is Fc1c(CNc2ncc(Cc3c[nH]c4ncccc34)cn2)cccc1C(F)(F)F. The molecule has 9 heteroatoms. The molecule has 2 N–H and O–H groups in total. The number of hydrogen-bond donors (Lipinski definition) is 2. The molecule has 0 fully saturated rings. The van der Waals surface area contributed by atoms with Crippen LogP contribution in [0.15, 0.2) is 55.1 Å². The molecule has 4 aromatic rings. The lowest BCUT2D eigenvalue weighted by Gasteiger charge is -2.12. The summed E-state index contributed by atoms with van der Waals surface area (Å²) in [5, 5.41) is 3.76. The summed E-state index contributed by atoms with van der Waals surface area (Å²) in [6.45, 7) is -0.163. The first-order chi connectivity index (χ1) is 13.9. The van der Waals surface area contributed by atoms with E-state index in [-0.39, 0.29) is 18.1 Å². The molecule has 0 atom stereocenters. The zero-order chi connectivity index (χ0) is 20.4. The van der Waals surface area contributed by atoms with Crippen molar-refractivity contribution >= 4 is 17.0 Å². The number of alkyl halides is 3. The van der Waals surface area contributed by atoms with Gasteiger partial charge in [-0.15, -0.1) is 0 Å². The number of pyridine rings is 1. The van der Waals surface area contributed by atoms with Gasteiger partial charge in [-0.05, 0) is 29.3 Å². The summed E-state index contributed by atoms with van der Waals surface area (Å²) in [6, 6.07) is 6.99. The topological polar surface area (TPSA) is 66.5 Å². The van der Waals surface area contributed by atoms with Gasteiger partial charge in [0.05, 0.1) is 5.56 Å². The second-order valence-corrected chi connectivity index (χ2v) is 6.44. The molecular formula is C20H15F4N5. The summed E-state index contributed by atoms with van der Waals surface area (Å²) in [5.41, 5.74) is 1.29. The third-order valence-corrected chi connectivity index (χ3v) is 4.46. The number of benzene rings is 1. The molecule has 3 heterocycles. The first-order valence-electron chi connectivity index (χ1n) is 8.72. The van der Waals surface area contributed by atoms with E-state index < -0.39 is 17.6 Å².